The van der Waals surface area contributed by atoms with Gasteiger partial charge in [-0.1, -0.05) is 105 Å². The zero-order valence-electron chi connectivity index (χ0n) is 20.9. The van der Waals surface area contributed by atoms with Gasteiger partial charge < -0.3 is 9.13 Å². The van der Waals surface area contributed by atoms with Crippen LogP contribution < -0.4 is 16.1 Å². The summed E-state index contributed by atoms with van der Waals surface area (Å²) in [4.78, 5) is 4.70. The molecule has 0 aliphatic rings. The lowest BCUT2D eigenvalue weighted by atomic mass is 9.99. The molecule has 1 heterocycles. The van der Waals surface area contributed by atoms with Crippen molar-refractivity contribution in [1.29, 1.82) is 0 Å². The molecule has 5 rings (SSSR count). The first-order valence-electron chi connectivity index (χ1n) is 12.5. The summed E-state index contributed by atoms with van der Waals surface area (Å²) in [7, 11) is -0.987. The van der Waals surface area contributed by atoms with Gasteiger partial charge in [0.2, 0.25) is 0 Å². The molecule has 0 unspecified atom stereocenters. The summed E-state index contributed by atoms with van der Waals surface area (Å²) in [5, 5.41) is 5.18. The van der Waals surface area contributed by atoms with Crippen molar-refractivity contribution in [1.82, 2.24) is 4.57 Å². The van der Waals surface area contributed by atoms with Gasteiger partial charge in [-0.2, -0.15) is 0 Å². The number of pyridine rings is 1. The minimum atomic E-state index is -2.87. The fourth-order valence-corrected chi connectivity index (χ4v) is 6.93. The van der Waals surface area contributed by atoms with Crippen LogP contribution in [-0.4, -0.2) is 11.6 Å². The third-order valence-electron chi connectivity index (χ3n) is 6.93. The van der Waals surface area contributed by atoms with Gasteiger partial charge in [0.25, 0.3) is 0 Å². The molecule has 1 aromatic heterocycles. The molecule has 0 aliphatic carbocycles. The van der Waals surface area contributed by atoms with E-state index in [-0.39, 0.29) is 0 Å². The average Bonchev–Trinajstić information content (AvgIpc) is 2.95. The Hall–Kier alpha value is -3.68. The first kappa shape index (κ1) is 24.0. The molecule has 4 aromatic carbocycles. The Bertz CT molecular complexity index is 1660. The van der Waals surface area contributed by atoms with E-state index in [1.165, 1.54) is 16.3 Å². The average molecular weight is 491 g/mol. The quantitative estimate of drug-likeness (QED) is 0.175. The Kier molecular flexibility index (Phi) is 6.76. The highest BCUT2D eigenvalue weighted by atomic mass is 31.2. The lowest BCUT2D eigenvalue weighted by molar-refractivity contribution is 0.592. The molecule has 0 amide bonds. The van der Waals surface area contributed by atoms with Crippen molar-refractivity contribution < 1.29 is 4.57 Å². The van der Waals surface area contributed by atoms with Gasteiger partial charge in [0.15, 0.2) is 7.14 Å². The molecule has 4 heteroatoms. The molecular formula is C32H31N2OP. The standard InChI is InChI=1S/C32H31N2OP/c1-4-6-22-34-31-15-11-10-14-28(31)30-23-25(18-21-29(30)32(34)33-3)24-16-19-27(20-17-24)36(35,5-2)26-12-8-7-9-13-26/h5,7-21,23H,2,4,6,22H2,1,3H3/t36-/m0/s1. The van der Waals surface area contributed by atoms with Crippen LogP contribution in [-0.2, 0) is 11.1 Å². The highest BCUT2D eigenvalue weighted by Crippen LogP contribution is 2.44. The number of hydrogen-bond acceptors (Lipinski definition) is 2. The van der Waals surface area contributed by atoms with E-state index in [4.69, 9.17) is 4.99 Å². The third-order valence-corrected chi connectivity index (χ3v) is 9.57. The lowest BCUT2D eigenvalue weighted by Gasteiger charge is -2.17. The van der Waals surface area contributed by atoms with Gasteiger partial charge in [-0.15, -0.1) is 0 Å². The van der Waals surface area contributed by atoms with Crippen molar-refractivity contribution in [2.24, 2.45) is 4.99 Å². The van der Waals surface area contributed by atoms with E-state index in [0.29, 0.717) is 0 Å². The number of rotatable bonds is 7. The van der Waals surface area contributed by atoms with Crippen LogP contribution in [0.1, 0.15) is 19.8 Å². The normalized spacial score (nSPS) is 13.7. The maximum atomic E-state index is 13.8. The summed E-state index contributed by atoms with van der Waals surface area (Å²) in [5.74, 6) is 1.60. The van der Waals surface area contributed by atoms with E-state index in [1.54, 1.807) is 5.82 Å². The van der Waals surface area contributed by atoms with Crippen molar-refractivity contribution >= 4 is 39.4 Å². The topological polar surface area (TPSA) is 34.4 Å². The maximum Gasteiger partial charge on any atom is 0.163 e. The molecule has 0 radical (unpaired) electrons. The van der Waals surface area contributed by atoms with E-state index in [2.05, 4.69) is 72.7 Å². The Balaban J connectivity index is 1.63. The second-order valence-corrected chi connectivity index (χ2v) is 11.8. The summed E-state index contributed by atoms with van der Waals surface area (Å²) in [6.07, 6.45) is 2.26. The number of unbranched alkanes of at least 4 members (excludes halogenated alkanes) is 1. The van der Waals surface area contributed by atoms with Gasteiger partial charge in [0.05, 0.1) is 5.52 Å². The molecule has 180 valence electrons. The molecule has 0 saturated carbocycles. The summed E-state index contributed by atoms with van der Waals surface area (Å²) >= 11 is 0. The Morgan fingerprint density at radius 2 is 1.47 bits per heavy atom. The fraction of sp³-hybridized carbons (Fsp3) is 0.156. The Labute approximate surface area is 212 Å². The zero-order valence-corrected chi connectivity index (χ0v) is 21.8. The van der Waals surface area contributed by atoms with Crippen molar-refractivity contribution in [2.45, 2.75) is 26.3 Å². The van der Waals surface area contributed by atoms with Crippen LogP contribution in [0.15, 0.2) is 114 Å². The minimum absolute atomic E-state index is 0.794. The van der Waals surface area contributed by atoms with Gasteiger partial charge in [0, 0.05) is 35.0 Å². The van der Waals surface area contributed by atoms with E-state index in [1.807, 2.05) is 49.5 Å². The van der Waals surface area contributed by atoms with Crippen molar-refractivity contribution in [2.75, 3.05) is 7.05 Å². The largest absolute Gasteiger partial charge is 0.326 e. The lowest BCUT2D eigenvalue weighted by Crippen LogP contribution is -2.22. The minimum Gasteiger partial charge on any atom is -0.326 e. The number of aryl methyl sites for hydroxylation is 1. The van der Waals surface area contributed by atoms with Crippen molar-refractivity contribution in [3.05, 3.63) is 115 Å². The van der Waals surface area contributed by atoms with Crippen LogP contribution >= 0.6 is 7.14 Å². The van der Waals surface area contributed by atoms with E-state index in [9.17, 15) is 4.57 Å². The molecule has 0 bridgehead atoms. The number of hydrogen-bond donors (Lipinski definition) is 0. The Morgan fingerprint density at radius 3 is 2.17 bits per heavy atom. The highest BCUT2D eigenvalue weighted by Gasteiger charge is 2.23. The molecule has 0 spiro atoms. The SMILES string of the molecule is C=C[P@](=O)(c1ccccc1)c1ccc(-c2ccc3c(=NC)n(CCCC)c4ccccc4c3c2)cc1. The van der Waals surface area contributed by atoms with Crippen molar-refractivity contribution in [3.63, 3.8) is 0 Å². The number of aromatic nitrogens is 1. The molecule has 0 aliphatic heterocycles. The van der Waals surface area contributed by atoms with Gasteiger partial charge in [-0.3, -0.25) is 4.99 Å². The predicted octanol–water partition coefficient (Wildman–Crippen LogP) is 7.25. The summed E-state index contributed by atoms with van der Waals surface area (Å²) in [6.45, 7) is 7.07. The Morgan fingerprint density at radius 1 is 0.806 bits per heavy atom. The summed E-state index contributed by atoms with van der Waals surface area (Å²) in [6, 6.07) is 32.9. The highest BCUT2D eigenvalue weighted by molar-refractivity contribution is 7.81. The van der Waals surface area contributed by atoms with Gasteiger partial charge in [0.1, 0.15) is 5.49 Å². The molecule has 0 saturated heterocycles. The van der Waals surface area contributed by atoms with Crippen LogP contribution in [0.5, 0.6) is 0 Å². The molecule has 3 nitrogen and oxygen atoms in total. The summed E-state index contributed by atoms with van der Waals surface area (Å²) in [5.41, 5.74) is 4.45. The number of nitrogens with zero attached hydrogens (tertiary/aromatic N) is 2. The van der Waals surface area contributed by atoms with Crippen LogP contribution in [0.25, 0.3) is 32.8 Å². The molecule has 5 aromatic rings. The van der Waals surface area contributed by atoms with E-state index in [0.717, 1.165) is 52.0 Å². The van der Waals surface area contributed by atoms with Gasteiger partial charge in [-0.25, -0.2) is 0 Å². The van der Waals surface area contributed by atoms with Crippen molar-refractivity contribution in [3.8, 4) is 11.1 Å². The second kappa shape index (κ2) is 10.1. The summed E-state index contributed by atoms with van der Waals surface area (Å²) < 4.78 is 16.2. The smallest absolute Gasteiger partial charge is 0.163 e. The molecule has 1 atom stereocenters. The van der Waals surface area contributed by atoms with Gasteiger partial charge in [-0.05, 0) is 40.9 Å². The van der Waals surface area contributed by atoms with Crippen LogP contribution in [0, 0.1) is 0 Å². The predicted molar refractivity (Wildman–Crippen MR) is 155 cm³/mol. The van der Waals surface area contributed by atoms with Crippen LogP contribution in [0.4, 0.5) is 0 Å². The molecular weight excluding hydrogens is 459 g/mol. The monoisotopic (exact) mass is 490 g/mol. The first-order chi connectivity index (χ1) is 17.6. The molecule has 0 fully saturated rings. The van der Waals surface area contributed by atoms with E-state index < -0.39 is 7.14 Å². The fourth-order valence-electron chi connectivity index (χ4n) is 5.01. The van der Waals surface area contributed by atoms with Crippen LogP contribution in [0.3, 0.4) is 0 Å². The van der Waals surface area contributed by atoms with Crippen LogP contribution in [0.2, 0.25) is 0 Å². The van der Waals surface area contributed by atoms with Gasteiger partial charge >= 0.3 is 0 Å². The maximum absolute atomic E-state index is 13.8. The molecule has 36 heavy (non-hydrogen) atoms. The third kappa shape index (κ3) is 4.14. The number of para-hydroxylation sites is 1. The second-order valence-electron chi connectivity index (χ2n) is 9.05. The zero-order chi connectivity index (χ0) is 25.1. The molecule has 0 N–H and O–H groups in total. The van der Waals surface area contributed by atoms with E-state index >= 15 is 0 Å². The number of fused-ring (bicyclic) bond motifs is 3. The first-order valence-corrected chi connectivity index (χ1v) is 14.3. The number of benzene rings is 4.